The molecule has 4 N–H and O–H groups in total. The van der Waals surface area contributed by atoms with Gasteiger partial charge in [0, 0.05) is 24.6 Å². The molecule has 1 rings (SSSR count). The lowest BCUT2D eigenvalue weighted by molar-refractivity contribution is 0.0922. The van der Waals surface area contributed by atoms with Crippen LogP contribution in [-0.2, 0) is 4.74 Å². The molecule has 0 saturated carbocycles. The van der Waals surface area contributed by atoms with Gasteiger partial charge < -0.3 is 20.9 Å². The van der Waals surface area contributed by atoms with Crippen molar-refractivity contribution < 1.29 is 9.84 Å². The number of anilines is 2. The number of nitrogen functional groups attached to an aromatic ring is 1. The summed E-state index contributed by atoms with van der Waals surface area (Å²) >= 11 is 0. The van der Waals surface area contributed by atoms with Gasteiger partial charge >= 0.3 is 0 Å². The van der Waals surface area contributed by atoms with Gasteiger partial charge in [-0.25, -0.2) is 9.97 Å². The Kier molecular flexibility index (Phi) is 6.52. The Morgan fingerprint density at radius 3 is 2.68 bits per heavy atom. The molecule has 0 aromatic carbocycles. The molecule has 108 valence electrons. The molecule has 0 unspecified atom stereocenters. The van der Waals surface area contributed by atoms with Gasteiger partial charge in [0.25, 0.3) is 0 Å². The molecule has 1 heterocycles. The first kappa shape index (κ1) is 15.7. The summed E-state index contributed by atoms with van der Waals surface area (Å²) in [6, 6.07) is 0. The molecule has 0 aliphatic carbocycles. The summed E-state index contributed by atoms with van der Waals surface area (Å²) in [6.45, 7) is 7.80. The normalized spacial score (nSPS) is 11.0. The highest BCUT2D eigenvalue weighted by atomic mass is 16.5. The van der Waals surface area contributed by atoms with Crippen LogP contribution in [0.25, 0.3) is 0 Å². The van der Waals surface area contributed by atoms with Crippen LogP contribution in [0.15, 0.2) is 0 Å². The monoisotopic (exact) mass is 268 g/mol. The van der Waals surface area contributed by atoms with E-state index in [9.17, 15) is 0 Å². The topological polar surface area (TPSA) is 93.3 Å². The molecule has 6 heteroatoms. The van der Waals surface area contributed by atoms with E-state index in [1.165, 1.54) is 0 Å². The number of nitrogens with one attached hydrogen (secondary N) is 1. The summed E-state index contributed by atoms with van der Waals surface area (Å²) in [5.74, 6) is 2.31. The second-order valence-electron chi connectivity index (χ2n) is 4.71. The summed E-state index contributed by atoms with van der Waals surface area (Å²) in [5, 5.41) is 11.8. The third-order valence-electron chi connectivity index (χ3n) is 2.71. The van der Waals surface area contributed by atoms with Crippen LogP contribution in [0.4, 0.5) is 11.6 Å². The highest BCUT2D eigenvalue weighted by molar-refractivity contribution is 5.54. The smallest absolute Gasteiger partial charge is 0.135 e. The predicted octanol–water partition coefficient (Wildman–Crippen LogP) is 1.30. The zero-order chi connectivity index (χ0) is 14.3. The largest absolute Gasteiger partial charge is 0.394 e. The molecule has 0 bridgehead atoms. The molecule has 0 aliphatic heterocycles. The average molecular weight is 268 g/mol. The molecular formula is C13H24N4O2. The van der Waals surface area contributed by atoms with Crippen LogP contribution in [0.5, 0.6) is 0 Å². The van der Waals surface area contributed by atoms with E-state index >= 15 is 0 Å². The van der Waals surface area contributed by atoms with Crippen molar-refractivity contribution in [2.75, 3.05) is 37.4 Å². The number of nitrogens with zero attached hydrogens (tertiary/aromatic N) is 2. The lowest BCUT2D eigenvalue weighted by Gasteiger charge is -2.13. The molecule has 0 atom stereocenters. The van der Waals surface area contributed by atoms with Crippen molar-refractivity contribution in [3.05, 3.63) is 11.4 Å². The molecular weight excluding hydrogens is 244 g/mol. The highest BCUT2D eigenvalue weighted by Gasteiger charge is 2.10. The van der Waals surface area contributed by atoms with Crippen molar-refractivity contribution in [1.82, 2.24) is 9.97 Å². The van der Waals surface area contributed by atoms with Gasteiger partial charge in [-0.1, -0.05) is 13.8 Å². The van der Waals surface area contributed by atoms with E-state index in [1.54, 1.807) is 0 Å². The van der Waals surface area contributed by atoms with Gasteiger partial charge in [0.05, 0.1) is 13.2 Å². The first-order chi connectivity index (χ1) is 9.06. The zero-order valence-electron chi connectivity index (χ0n) is 11.9. The third kappa shape index (κ3) is 5.00. The van der Waals surface area contributed by atoms with E-state index in [0.717, 1.165) is 30.2 Å². The minimum absolute atomic E-state index is 0.0622. The number of aliphatic hydroxyl groups excluding tert-OH is 1. The quantitative estimate of drug-likeness (QED) is 0.615. The Morgan fingerprint density at radius 2 is 2.05 bits per heavy atom. The van der Waals surface area contributed by atoms with E-state index in [0.29, 0.717) is 19.0 Å². The van der Waals surface area contributed by atoms with Crippen molar-refractivity contribution in [2.24, 2.45) is 0 Å². The maximum absolute atomic E-state index is 8.58. The summed E-state index contributed by atoms with van der Waals surface area (Å²) < 4.78 is 5.19. The number of nitrogens with two attached hydrogens (primary N) is 1. The van der Waals surface area contributed by atoms with Crippen LogP contribution in [0.3, 0.4) is 0 Å². The maximum atomic E-state index is 8.58. The van der Waals surface area contributed by atoms with Crippen LogP contribution in [0, 0.1) is 6.92 Å². The SMILES string of the molecule is Cc1c(N)nc(C(C)C)nc1NCCCOCCO. The third-order valence-corrected chi connectivity index (χ3v) is 2.71. The Balaban J connectivity index is 2.52. The van der Waals surface area contributed by atoms with Gasteiger partial charge in [-0.15, -0.1) is 0 Å². The summed E-state index contributed by atoms with van der Waals surface area (Å²) in [4.78, 5) is 8.76. The second-order valence-corrected chi connectivity index (χ2v) is 4.71. The summed E-state index contributed by atoms with van der Waals surface area (Å²) in [5.41, 5.74) is 6.76. The van der Waals surface area contributed by atoms with Crippen LogP contribution in [0.1, 0.15) is 37.6 Å². The highest BCUT2D eigenvalue weighted by Crippen LogP contribution is 2.20. The van der Waals surface area contributed by atoms with Crippen molar-refractivity contribution >= 4 is 11.6 Å². The Labute approximate surface area is 114 Å². The zero-order valence-corrected chi connectivity index (χ0v) is 11.9. The van der Waals surface area contributed by atoms with E-state index in [4.69, 9.17) is 15.6 Å². The van der Waals surface area contributed by atoms with Crippen LogP contribution < -0.4 is 11.1 Å². The average Bonchev–Trinajstić information content (AvgIpc) is 2.37. The van der Waals surface area contributed by atoms with Crippen molar-refractivity contribution in [3.63, 3.8) is 0 Å². The molecule has 19 heavy (non-hydrogen) atoms. The number of aliphatic hydroxyl groups is 1. The van der Waals surface area contributed by atoms with Gasteiger partial charge in [0.1, 0.15) is 17.5 Å². The standard InChI is InChI=1S/C13H24N4O2/c1-9(2)12-16-11(14)10(3)13(17-12)15-5-4-7-19-8-6-18/h9,18H,4-8H2,1-3H3,(H3,14,15,16,17). The van der Waals surface area contributed by atoms with Gasteiger partial charge in [0.2, 0.25) is 0 Å². The van der Waals surface area contributed by atoms with E-state index in [2.05, 4.69) is 15.3 Å². The number of hydrogen-bond donors (Lipinski definition) is 3. The van der Waals surface area contributed by atoms with Crippen LogP contribution in [-0.4, -0.2) is 41.4 Å². The number of aromatic nitrogens is 2. The minimum Gasteiger partial charge on any atom is -0.394 e. The van der Waals surface area contributed by atoms with Crippen molar-refractivity contribution in [2.45, 2.75) is 33.1 Å². The molecule has 1 aromatic heterocycles. The first-order valence-corrected chi connectivity index (χ1v) is 6.62. The van der Waals surface area contributed by atoms with E-state index in [1.807, 2.05) is 20.8 Å². The van der Waals surface area contributed by atoms with Gasteiger partial charge in [-0.3, -0.25) is 0 Å². The number of ether oxygens (including phenoxy) is 1. The van der Waals surface area contributed by atoms with Gasteiger partial charge in [-0.05, 0) is 13.3 Å². The Morgan fingerprint density at radius 1 is 1.32 bits per heavy atom. The molecule has 0 saturated heterocycles. The van der Waals surface area contributed by atoms with Crippen molar-refractivity contribution in [3.8, 4) is 0 Å². The second kappa shape index (κ2) is 7.91. The Bertz CT molecular complexity index is 396. The van der Waals surface area contributed by atoms with Crippen LogP contribution >= 0.6 is 0 Å². The molecule has 0 spiro atoms. The summed E-state index contributed by atoms with van der Waals surface area (Å²) in [6.07, 6.45) is 0.848. The molecule has 0 fully saturated rings. The van der Waals surface area contributed by atoms with Gasteiger partial charge in [0.15, 0.2) is 0 Å². The van der Waals surface area contributed by atoms with Crippen LogP contribution in [0.2, 0.25) is 0 Å². The van der Waals surface area contributed by atoms with Crippen molar-refractivity contribution in [1.29, 1.82) is 0 Å². The fourth-order valence-corrected chi connectivity index (χ4v) is 1.53. The predicted molar refractivity (Wildman–Crippen MR) is 76.3 cm³/mol. The summed E-state index contributed by atoms with van der Waals surface area (Å²) in [7, 11) is 0. The number of rotatable bonds is 8. The fraction of sp³-hybridized carbons (Fsp3) is 0.692. The fourth-order valence-electron chi connectivity index (χ4n) is 1.53. The molecule has 0 radical (unpaired) electrons. The lowest BCUT2D eigenvalue weighted by atomic mass is 10.2. The van der Waals surface area contributed by atoms with E-state index < -0.39 is 0 Å². The molecule has 0 amide bonds. The molecule has 1 aromatic rings. The Hall–Kier alpha value is -1.40. The number of hydrogen-bond acceptors (Lipinski definition) is 6. The minimum atomic E-state index is 0.0622. The first-order valence-electron chi connectivity index (χ1n) is 6.62. The molecule has 0 aliphatic rings. The van der Waals surface area contributed by atoms with E-state index in [-0.39, 0.29) is 12.5 Å². The maximum Gasteiger partial charge on any atom is 0.135 e. The lowest BCUT2D eigenvalue weighted by Crippen LogP contribution is -2.13. The van der Waals surface area contributed by atoms with Gasteiger partial charge in [-0.2, -0.15) is 0 Å². The molecule has 6 nitrogen and oxygen atoms in total.